The van der Waals surface area contributed by atoms with Gasteiger partial charge in [-0.2, -0.15) is 0 Å². The maximum absolute atomic E-state index is 5.71. The van der Waals surface area contributed by atoms with Gasteiger partial charge in [0.2, 0.25) is 0 Å². The lowest BCUT2D eigenvalue weighted by Crippen LogP contribution is -2.29. The summed E-state index contributed by atoms with van der Waals surface area (Å²) in [7, 11) is 2.11. The normalized spacial score (nSPS) is 12.5. The third-order valence-electron chi connectivity index (χ3n) is 2.71. The fourth-order valence-corrected chi connectivity index (χ4v) is 2.20. The van der Waals surface area contributed by atoms with Gasteiger partial charge >= 0.3 is 0 Å². The molecule has 0 fully saturated rings. The minimum atomic E-state index is 0.571. The van der Waals surface area contributed by atoms with Crippen molar-refractivity contribution in [2.75, 3.05) is 25.0 Å². The van der Waals surface area contributed by atoms with E-state index in [1.807, 2.05) is 6.07 Å². The van der Waals surface area contributed by atoms with Crippen molar-refractivity contribution in [3.05, 3.63) is 28.7 Å². The van der Waals surface area contributed by atoms with Gasteiger partial charge in [-0.1, -0.05) is 25.5 Å². The van der Waals surface area contributed by atoms with E-state index in [0.29, 0.717) is 5.92 Å². The third kappa shape index (κ3) is 3.50. The summed E-state index contributed by atoms with van der Waals surface area (Å²) in [5, 5.41) is 0. The molecule has 0 aliphatic carbocycles. The Hall–Kier alpha value is -0.540. The lowest BCUT2D eigenvalue weighted by Gasteiger charge is -2.25. The van der Waals surface area contributed by atoms with Crippen molar-refractivity contribution in [3.8, 4) is 0 Å². The molecule has 1 atom stereocenters. The smallest absolute Gasteiger partial charge is 0.0508 e. The number of benzene rings is 1. The highest BCUT2D eigenvalue weighted by molar-refractivity contribution is 9.10. The van der Waals surface area contributed by atoms with E-state index in [9.17, 15) is 0 Å². The van der Waals surface area contributed by atoms with Crippen LogP contribution < -0.4 is 10.6 Å². The van der Waals surface area contributed by atoms with Gasteiger partial charge in [-0.15, -0.1) is 0 Å². The number of para-hydroxylation sites is 1. The lowest BCUT2D eigenvalue weighted by atomic mass is 10.1. The molecule has 2 N–H and O–H groups in total. The summed E-state index contributed by atoms with van der Waals surface area (Å²) in [6, 6.07) is 8.27. The molecule has 0 saturated heterocycles. The van der Waals surface area contributed by atoms with Crippen LogP contribution >= 0.6 is 15.9 Å². The highest BCUT2D eigenvalue weighted by atomic mass is 79.9. The van der Waals surface area contributed by atoms with E-state index in [0.717, 1.165) is 24.0 Å². The van der Waals surface area contributed by atoms with Gasteiger partial charge in [0, 0.05) is 18.1 Å². The molecular formula is C12H19BrN2. The van der Waals surface area contributed by atoms with Crippen LogP contribution in [0.25, 0.3) is 0 Å². The van der Waals surface area contributed by atoms with E-state index in [-0.39, 0.29) is 0 Å². The SMILES string of the molecule is CCC(CN)CN(C)c1ccccc1Br. The number of rotatable bonds is 5. The molecule has 0 radical (unpaired) electrons. The van der Waals surface area contributed by atoms with Crippen molar-refractivity contribution in [1.29, 1.82) is 0 Å². The summed E-state index contributed by atoms with van der Waals surface area (Å²) >= 11 is 3.56. The Morgan fingerprint density at radius 2 is 2.07 bits per heavy atom. The van der Waals surface area contributed by atoms with Crippen LogP contribution in [0, 0.1) is 5.92 Å². The van der Waals surface area contributed by atoms with E-state index in [2.05, 4.69) is 53.0 Å². The highest BCUT2D eigenvalue weighted by Crippen LogP contribution is 2.25. The molecular weight excluding hydrogens is 252 g/mol. The summed E-state index contributed by atoms with van der Waals surface area (Å²) in [6.07, 6.45) is 1.13. The molecule has 1 unspecified atom stereocenters. The average molecular weight is 271 g/mol. The number of nitrogens with zero attached hydrogens (tertiary/aromatic N) is 1. The van der Waals surface area contributed by atoms with E-state index in [4.69, 9.17) is 5.73 Å². The van der Waals surface area contributed by atoms with E-state index in [1.165, 1.54) is 5.69 Å². The predicted molar refractivity (Wildman–Crippen MR) is 70.2 cm³/mol. The van der Waals surface area contributed by atoms with Crippen LogP contribution in [0.15, 0.2) is 28.7 Å². The Balaban J connectivity index is 2.68. The summed E-state index contributed by atoms with van der Waals surface area (Å²) in [4.78, 5) is 2.26. The number of hydrogen-bond donors (Lipinski definition) is 1. The summed E-state index contributed by atoms with van der Waals surface area (Å²) in [5.74, 6) is 0.571. The predicted octanol–water partition coefficient (Wildman–Crippen LogP) is 2.87. The average Bonchev–Trinajstić information content (AvgIpc) is 2.26. The second-order valence-corrected chi connectivity index (χ2v) is 4.70. The van der Waals surface area contributed by atoms with Crippen LogP contribution in [-0.2, 0) is 0 Å². The first kappa shape index (κ1) is 12.5. The zero-order valence-corrected chi connectivity index (χ0v) is 11.0. The van der Waals surface area contributed by atoms with Crippen molar-refractivity contribution < 1.29 is 0 Å². The molecule has 0 aromatic heterocycles. The van der Waals surface area contributed by atoms with Gasteiger partial charge in [0.25, 0.3) is 0 Å². The fraction of sp³-hybridized carbons (Fsp3) is 0.500. The molecule has 1 rings (SSSR count). The molecule has 84 valence electrons. The Kier molecular flexibility index (Phi) is 5.12. The number of nitrogens with two attached hydrogens (primary N) is 1. The van der Waals surface area contributed by atoms with Crippen molar-refractivity contribution in [3.63, 3.8) is 0 Å². The number of anilines is 1. The van der Waals surface area contributed by atoms with Gasteiger partial charge < -0.3 is 10.6 Å². The van der Waals surface area contributed by atoms with Crippen LogP contribution in [0.5, 0.6) is 0 Å². The fourth-order valence-electron chi connectivity index (χ4n) is 1.62. The van der Waals surface area contributed by atoms with Crippen LogP contribution in [-0.4, -0.2) is 20.1 Å². The highest BCUT2D eigenvalue weighted by Gasteiger charge is 2.10. The monoisotopic (exact) mass is 270 g/mol. The lowest BCUT2D eigenvalue weighted by molar-refractivity contribution is 0.521. The molecule has 0 amide bonds. The Bertz CT molecular complexity index is 297. The van der Waals surface area contributed by atoms with Crippen LogP contribution in [0.2, 0.25) is 0 Å². The van der Waals surface area contributed by atoms with E-state index in [1.54, 1.807) is 0 Å². The first-order valence-corrected chi connectivity index (χ1v) is 6.14. The summed E-state index contributed by atoms with van der Waals surface area (Å²) < 4.78 is 1.14. The van der Waals surface area contributed by atoms with Crippen molar-refractivity contribution in [1.82, 2.24) is 0 Å². The Morgan fingerprint density at radius 1 is 1.40 bits per heavy atom. The molecule has 1 aromatic carbocycles. The zero-order valence-electron chi connectivity index (χ0n) is 9.41. The van der Waals surface area contributed by atoms with Gasteiger partial charge in [0.1, 0.15) is 0 Å². The summed E-state index contributed by atoms with van der Waals surface area (Å²) in [6.45, 7) is 3.95. The van der Waals surface area contributed by atoms with Crippen molar-refractivity contribution in [2.45, 2.75) is 13.3 Å². The molecule has 2 nitrogen and oxygen atoms in total. The minimum Gasteiger partial charge on any atom is -0.373 e. The second-order valence-electron chi connectivity index (χ2n) is 3.84. The van der Waals surface area contributed by atoms with Gasteiger partial charge in [-0.3, -0.25) is 0 Å². The second kappa shape index (κ2) is 6.13. The van der Waals surface area contributed by atoms with Gasteiger partial charge in [0.15, 0.2) is 0 Å². The Morgan fingerprint density at radius 3 is 2.60 bits per heavy atom. The first-order valence-electron chi connectivity index (χ1n) is 5.34. The molecule has 0 aliphatic heterocycles. The first-order chi connectivity index (χ1) is 7.19. The largest absolute Gasteiger partial charge is 0.373 e. The minimum absolute atomic E-state index is 0.571. The number of halogens is 1. The Labute approximate surface area is 101 Å². The quantitative estimate of drug-likeness (QED) is 0.892. The van der Waals surface area contributed by atoms with Crippen LogP contribution in [0.1, 0.15) is 13.3 Å². The maximum atomic E-state index is 5.71. The van der Waals surface area contributed by atoms with Crippen LogP contribution in [0.4, 0.5) is 5.69 Å². The van der Waals surface area contributed by atoms with E-state index >= 15 is 0 Å². The third-order valence-corrected chi connectivity index (χ3v) is 3.38. The molecule has 0 bridgehead atoms. The zero-order chi connectivity index (χ0) is 11.3. The van der Waals surface area contributed by atoms with Crippen molar-refractivity contribution in [2.24, 2.45) is 11.7 Å². The molecule has 0 aliphatic rings. The van der Waals surface area contributed by atoms with E-state index < -0.39 is 0 Å². The van der Waals surface area contributed by atoms with Gasteiger partial charge in [0.05, 0.1) is 5.69 Å². The molecule has 0 saturated carbocycles. The van der Waals surface area contributed by atoms with Crippen molar-refractivity contribution >= 4 is 21.6 Å². The topological polar surface area (TPSA) is 29.3 Å². The van der Waals surface area contributed by atoms with Gasteiger partial charge in [-0.05, 0) is 40.5 Å². The maximum Gasteiger partial charge on any atom is 0.0508 e. The molecule has 1 aromatic rings. The standard InChI is InChI=1S/C12H19BrN2/c1-3-10(8-14)9-15(2)12-7-5-4-6-11(12)13/h4-7,10H,3,8-9,14H2,1-2H3. The molecule has 0 heterocycles. The number of hydrogen-bond acceptors (Lipinski definition) is 2. The summed E-state index contributed by atoms with van der Waals surface area (Å²) in [5.41, 5.74) is 6.94. The molecule has 0 spiro atoms. The van der Waals surface area contributed by atoms with Crippen LogP contribution in [0.3, 0.4) is 0 Å². The van der Waals surface area contributed by atoms with Gasteiger partial charge in [-0.25, -0.2) is 0 Å². The molecule has 15 heavy (non-hydrogen) atoms. The molecule has 3 heteroatoms.